The second-order valence-corrected chi connectivity index (χ2v) is 7.29. The number of carbonyl (C=O) groups is 3. The molecule has 1 aromatic rings. The summed E-state index contributed by atoms with van der Waals surface area (Å²) in [6.45, 7) is 0.119. The van der Waals surface area contributed by atoms with Crippen LogP contribution in [0.3, 0.4) is 0 Å². The van der Waals surface area contributed by atoms with Gasteiger partial charge in [0.05, 0.1) is 5.37 Å². The summed E-state index contributed by atoms with van der Waals surface area (Å²) in [6.07, 6.45) is 1.30. The molecule has 0 aromatic heterocycles. The van der Waals surface area contributed by atoms with Crippen LogP contribution >= 0.6 is 11.8 Å². The minimum Gasteiger partial charge on any atom is -0.480 e. The van der Waals surface area contributed by atoms with E-state index in [1.807, 2.05) is 30.3 Å². The van der Waals surface area contributed by atoms with Crippen LogP contribution in [-0.4, -0.2) is 51.2 Å². The average Bonchev–Trinajstić information content (AvgIpc) is 2.97. The van der Waals surface area contributed by atoms with Crippen LogP contribution in [0.1, 0.15) is 24.8 Å². The van der Waals surface area contributed by atoms with E-state index in [0.717, 1.165) is 18.4 Å². The molecular weight excluding hydrogens is 344 g/mol. The van der Waals surface area contributed by atoms with Crippen LogP contribution in [0, 0.1) is 0 Å². The van der Waals surface area contributed by atoms with Gasteiger partial charge in [-0.1, -0.05) is 30.3 Å². The third-order valence-corrected chi connectivity index (χ3v) is 5.73. The van der Waals surface area contributed by atoms with E-state index in [4.69, 9.17) is 4.74 Å². The summed E-state index contributed by atoms with van der Waals surface area (Å²) < 4.78 is 5.16. The Morgan fingerprint density at radius 3 is 2.76 bits per heavy atom. The molecule has 1 aromatic carbocycles. The van der Waals surface area contributed by atoms with Gasteiger partial charge in [-0.2, -0.15) is 0 Å². The lowest BCUT2D eigenvalue weighted by molar-refractivity contribution is -0.149. The first kappa shape index (κ1) is 17.6. The van der Waals surface area contributed by atoms with Crippen molar-refractivity contribution < 1.29 is 24.2 Å². The summed E-state index contributed by atoms with van der Waals surface area (Å²) in [5, 5.41) is 11.8. The van der Waals surface area contributed by atoms with Crippen LogP contribution in [0.15, 0.2) is 30.3 Å². The third-order valence-electron chi connectivity index (χ3n) is 4.38. The predicted octanol–water partition coefficient (Wildman–Crippen LogP) is 1.82. The van der Waals surface area contributed by atoms with Gasteiger partial charge in [-0.05, 0) is 24.8 Å². The van der Waals surface area contributed by atoms with Gasteiger partial charge in [-0.25, -0.2) is 9.59 Å². The molecule has 25 heavy (non-hydrogen) atoms. The van der Waals surface area contributed by atoms with Gasteiger partial charge >= 0.3 is 12.1 Å². The molecule has 2 heterocycles. The van der Waals surface area contributed by atoms with Crippen molar-refractivity contribution in [3.05, 3.63) is 35.9 Å². The minimum absolute atomic E-state index is 0.119. The van der Waals surface area contributed by atoms with E-state index in [2.05, 4.69) is 5.32 Å². The Hall–Kier alpha value is -2.22. The Labute approximate surface area is 149 Å². The Kier molecular flexibility index (Phi) is 5.47. The van der Waals surface area contributed by atoms with E-state index in [1.165, 1.54) is 16.7 Å². The molecule has 2 saturated heterocycles. The molecule has 0 aliphatic carbocycles. The van der Waals surface area contributed by atoms with Gasteiger partial charge in [0.2, 0.25) is 5.91 Å². The summed E-state index contributed by atoms with van der Waals surface area (Å²) in [5.41, 5.74) is 0.854. The number of amides is 2. The van der Waals surface area contributed by atoms with Crippen LogP contribution in [-0.2, 0) is 20.9 Å². The van der Waals surface area contributed by atoms with Crippen molar-refractivity contribution in [3.63, 3.8) is 0 Å². The summed E-state index contributed by atoms with van der Waals surface area (Å²) in [4.78, 5) is 37.6. The fourth-order valence-electron chi connectivity index (χ4n) is 3.11. The number of aliphatic carboxylic acids is 1. The van der Waals surface area contributed by atoms with E-state index >= 15 is 0 Å². The van der Waals surface area contributed by atoms with Crippen molar-refractivity contribution >= 4 is 29.7 Å². The second kappa shape index (κ2) is 7.77. The molecule has 134 valence electrons. The number of fused-ring (bicyclic) bond motifs is 1. The monoisotopic (exact) mass is 364 g/mol. The fraction of sp³-hybridized carbons (Fsp3) is 0.471. The number of nitrogens with zero attached hydrogens (tertiary/aromatic N) is 1. The van der Waals surface area contributed by atoms with Crippen molar-refractivity contribution in [2.75, 3.05) is 5.75 Å². The quantitative estimate of drug-likeness (QED) is 0.846. The Bertz CT molecular complexity index is 654. The average molecular weight is 364 g/mol. The summed E-state index contributed by atoms with van der Waals surface area (Å²) in [7, 11) is 0. The maximum atomic E-state index is 12.7. The summed E-state index contributed by atoms with van der Waals surface area (Å²) in [6, 6.07) is 7.68. The molecular formula is C17H20N2O5S. The van der Waals surface area contributed by atoms with Crippen molar-refractivity contribution in [2.24, 2.45) is 0 Å². The number of rotatable bonds is 4. The van der Waals surface area contributed by atoms with Gasteiger partial charge in [-0.15, -0.1) is 11.8 Å². The topological polar surface area (TPSA) is 95.9 Å². The zero-order valence-electron chi connectivity index (χ0n) is 13.6. The lowest BCUT2D eigenvalue weighted by Gasteiger charge is -2.28. The van der Waals surface area contributed by atoms with E-state index in [-0.39, 0.29) is 17.9 Å². The molecule has 0 spiro atoms. The molecule has 7 nitrogen and oxygen atoms in total. The fourth-order valence-corrected chi connectivity index (χ4v) is 4.57. The van der Waals surface area contributed by atoms with Gasteiger partial charge in [0, 0.05) is 5.75 Å². The lowest BCUT2D eigenvalue weighted by atomic mass is 10.1. The van der Waals surface area contributed by atoms with Crippen LogP contribution in [0.5, 0.6) is 0 Å². The SMILES string of the molecule is O=C(N[C@H]1CCCC2SC[C@@H](C(=O)O)N2C1=O)OCc1ccccc1. The minimum atomic E-state index is -1.00. The molecule has 0 saturated carbocycles. The molecule has 8 heteroatoms. The maximum Gasteiger partial charge on any atom is 0.408 e. The van der Waals surface area contributed by atoms with E-state index in [9.17, 15) is 19.5 Å². The number of carboxylic acids is 1. The zero-order valence-corrected chi connectivity index (χ0v) is 14.4. The van der Waals surface area contributed by atoms with Gasteiger partial charge in [0.1, 0.15) is 18.7 Å². The number of benzene rings is 1. The first-order valence-corrected chi connectivity index (χ1v) is 9.25. The molecule has 2 amide bonds. The highest BCUT2D eigenvalue weighted by atomic mass is 32.2. The molecule has 2 aliphatic rings. The predicted molar refractivity (Wildman–Crippen MR) is 91.9 cm³/mol. The molecule has 3 atom stereocenters. The third kappa shape index (κ3) is 4.07. The first-order chi connectivity index (χ1) is 12.1. The van der Waals surface area contributed by atoms with Gasteiger partial charge in [-0.3, -0.25) is 4.79 Å². The van der Waals surface area contributed by atoms with Gasteiger partial charge in [0.15, 0.2) is 0 Å². The normalized spacial score (nSPS) is 25.8. The molecule has 2 N–H and O–H groups in total. The summed E-state index contributed by atoms with van der Waals surface area (Å²) in [5.74, 6) is -0.955. The van der Waals surface area contributed by atoms with E-state index < -0.39 is 24.1 Å². The molecule has 1 unspecified atom stereocenters. The highest BCUT2D eigenvalue weighted by molar-refractivity contribution is 8.00. The van der Waals surface area contributed by atoms with Gasteiger partial charge < -0.3 is 20.1 Å². The largest absolute Gasteiger partial charge is 0.480 e. The molecule has 0 radical (unpaired) electrons. The Balaban J connectivity index is 1.60. The highest BCUT2D eigenvalue weighted by Gasteiger charge is 2.45. The van der Waals surface area contributed by atoms with Crippen molar-refractivity contribution in [1.29, 1.82) is 0 Å². The van der Waals surface area contributed by atoms with Gasteiger partial charge in [0.25, 0.3) is 0 Å². The number of hydrogen-bond acceptors (Lipinski definition) is 5. The molecule has 2 fully saturated rings. The van der Waals surface area contributed by atoms with E-state index in [1.54, 1.807) is 0 Å². The van der Waals surface area contributed by atoms with Crippen LogP contribution in [0.25, 0.3) is 0 Å². The Morgan fingerprint density at radius 1 is 1.28 bits per heavy atom. The standard InChI is InChI=1S/C17H20N2O5S/c20-15-12(18-17(23)24-9-11-5-2-1-3-6-11)7-4-8-14-19(15)13(10-25-14)16(21)22/h1-3,5-6,12-14H,4,7-10H2,(H,18,23)(H,21,22)/t12-,13-,14?/m0/s1. The van der Waals surface area contributed by atoms with Crippen molar-refractivity contribution in [3.8, 4) is 0 Å². The Morgan fingerprint density at radius 2 is 2.04 bits per heavy atom. The number of carboxylic acid groups (broad SMARTS) is 1. The van der Waals surface area contributed by atoms with Crippen LogP contribution in [0.4, 0.5) is 4.79 Å². The number of hydrogen-bond donors (Lipinski definition) is 2. The van der Waals surface area contributed by atoms with Crippen molar-refractivity contribution in [2.45, 2.75) is 43.3 Å². The number of thioether (sulfide) groups is 1. The van der Waals surface area contributed by atoms with Crippen LogP contribution in [0.2, 0.25) is 0 Å². The first-order valence-electron chi connectivity index (χ1n) is 8.20. The highest BCUT2D eigenvalue weighted by Crippen LogP contribution is 2.35. The number of alkyl carbamates (subject to hydrolysis) is 1. The smallest absolute Gasteiger partial charge is 0.408 e. The maximum absolute atomic E-state index is 12.7. The van der Waals surface area contributed by atoms with E-state index in [0.29, 0.717) is 12.2 Å². The number of nitrogens with one attached hydrogen (secondary N) is 1. The summed E-state index contributed by atoms with van der Waals surface area (Å²) >= 11 is 1.49. The molecule has 0 bridgehead atoms. The number of carbonyl (C=O) groups excluding carboxylic acids is 2. The lowest BCUT2D eigenvalue weighted by Crippen LogP contribution is -2.53. The number of ether oxygens (including phenoxy) is 1. The molecule has 2 aliphatic heterocycles. The zero-order chi connectivity index (χ0) is 17.8. The second-order valence-electron chi connectivity index (χ2n) is 6.08. The van der Waals surface area contributed by atoms with Crippen LogP contribution < -0.4 is 5.32 Å². The molecule has 3 rings (SSSR count). The van der Waals surface area contributed by atoms with Crippen molar-refractivity contribution in [1.82, 2.24) is 10.2 Å².